The number of hydrogen-bond acceptors (Lipinski definition) is 3. The number of hydrogen-bond donors (Lipinski definition) is 1. The van der Waals surface area contributed by atoms with E-state index in [-0.39, 0.29) is 17.2 Å². The van der Waals surface area contributed by atoms with Crippen molar-refractivity contribution in [1.82, 2.24) is 9.62 Å². The molecule has 0 unspecified atom stereocenters. The highest BCUT2D eigenvalue weighted by Gasteiger charge is 2.31. The lowest BCUT2D eigenvalue weighted by Crippen LogP contribution is -2.49. The fourth-order valence-electron chi connectivity index (χ4n) is 4.91. The number of carbonyl (C=O) groups is 1. The molecule has 1 N–H and O–H groups in total. The van der Waals surface area contributed by atoms with E-state index in [4.69, 9.17) is 0 Å². The number of aryl methyl sites for hydroxylation is 3. The van der Waals surface area contributed by atoms with Crippen LogP contribution in [0.25, 0.3) is 0 Å². The van der Waals surface area contributed by atoms with Gasteiger partial charge in [-0.3, -0.25) is 4.79 Å². The molecular formula is C32H34N2O3S. The molecule has 0 aliphatic heterocycles. The molecule has 38 heavy (non-hydrogen) atoms. The van der Waals surface area contributed by atoms with Crippen molar-refractivity contribution < 1.29 is 13.2 Å². The van der Waals surface area contributed by atoms with E-state index in [2.05, 4.69) is 4.72 Å². The minimum Gasteiger partial charge on any atom is -0.333 e. The molecule has 0 bridgehead atoms. The number of carbonyl (C=O) groups excluding carboxylic acids is 1. The van der Waals surface area contributed by atoms with E-state index < -0.39 is 16.1 Å². The Morgan fingerprint density at radius 1 is 0.711 bits per heavy atom. The summed E-state index contributed by atoms with van der Waals surface area (Å²) < 4.78 is 30.3. The van der Waals surface area contributed by atoms with Crippen LogP contribution in [-0.2, 0) is 34.3 Å². The van der Waals surface area contributed by atoms with Gasteiger partial charge in [0.25, 0.3) is 0 Å². The highest BCUT2D eigenvalue weighted by atomic mass is 32.2. The van der Waals surface area contributed by atoms with Crippen molar-refractivity contribution in [3.8, 4) is 0 Å². The van der Waals surface area contributed by atoms with E-state index in [9.17, 15) is 13.2 Å². The molecule has 0 saturated carbocycles. The van der Waals surface area contributed by atoms with Crippen molar-refractivity contribution in [3.05, 3.63) is 137 Å². The van der Waals surface area contributed by atoms with Gasteiger partial charge in [-0.15, -0.1) is 0 Å². The zero-order valence-corrected chi connectivity index (χ0v) is 22.9. The predicted molar refractivity (Wildman–Crippen MR) is 152 cm³/mol. The van der Waals surface area contributed by atoms with E-state index in [1.807, 2.05) is 110 Å². The predicted octanol–water partition coefficient (Wildman–Crippen LogP) is 5.73. The van der Waals surface area contributed by atoms with Gasteiger partial charge in [0.15, 0.2) is 0 Å². The fraction of sp³-hybridized carbons (Fsp3) is 0.219. The lowest BCUT2D eigenvalue weighted by molar-refractivity contribution is -0.134. The largest absolute Gasteiger partial charge is 0.333 e. The second-order valence-corrected chi connectivity index (χ2v) is 11.4. The van der Waals surface area contributed by atoms with Crippen molar-refractivity contribution in [2.45, 2.75) is 51.2 Å². The molecule has 6 heteroatoms. The molecule has 0 radical (unpaired) electrons. The lowest BCUT2D eigenvalue weighted by Gasteiger charge is -2.29. The maximum absolute atomic E-state index is 14.2. The molecule has 1 amide bonds. The van der Waals surface area contributed by atoms with Gasteiger partial charge in [-0.25, -0.2) is 8.42 Å². The second kappa shape index (κ2) is 12.2. The quantitative estimate of drug-likeness (QED) is 0.287. The van der Waals surface area contributed by atoms with Crippen LogP contribution in [0, 0.1) is 20.8 Å². The third-order valence-electron chi connectivity index (χ3n) is 6.50. The molecule has 0 aromatic heterocycles. The zero-order chi connectivity index (χ0) is 27.1. The molecule has 1 atom stereocenters. The number of benzene rings is 4. The van der Waals surface area contributed by atoms with Crippen LogP contribution in [0.15, 0.2) is 108 Å². The molecule has 0 fully saturated rings. The van der Waals surface area contributed by atoms with Gasteiger partial charge in [-0.05, 0) is 55.0 Å². The van der Waals surface area contributed by atoms with Gasteiger partial charge in [0.05, 0.1) is 4.90 Å². The van der Waals surface area contributed by atoms with Gasteiger partial charge in [-0.1, -0.05) is 109 Å². The smallest absolute Gasteiger partial charge is 0.241 e. The van der Waals surface area contributed by atoms with Crippen LogP contribution < -0.4 is 4.72 Å². The summed E-state index contributed by atoms with van der Waals surface area (Å²) in [6.07, 6.45) is 0.239. The monoisotopic (exact) mass is 526 g/mol. The summed E-state index contributed by atoms with van der Waals surface area (Å²) in [4.78, 5) is 16.1. The Morgan fingerprint density at radius 3 is 1.58 bits per heavy atom. The SMILES string of the molecule is Cc1cc(C)c(S(=O)(=O)N[C@H](Cc2ccccc2)C(=O)N(Cc2ccccc2)Cc2ccccc2)c(C)c1. The molecule has 196 valence electrons. The number of rotatable bonds is 10. The third-order valence-corrected chi connectivity index (χ3v) is 8.27. The molecule has 4 aromatic carbocycles. The van der Waals surface area contributed by atoms with Gasteiger partial charge in [-0.2, -0.15) is 4.72 Å². The first kappa shape index (κ1) is 27.3. The summed E-state index contributed by atoms with van der Waals surface area (Å²) in [5.41, 5.74) is 5.14. The molecule has 0 heterocycles. The molecule has 4 rings (SSSR count). The summed E-state index contributed by atoms with van der Waals surface area (Å²) >= 11 is 0. The average Bonchev–Trinajstić information content (AvgIpc) is 2.88. The van der Waals surface area contributed by atoms with Gasteiger partial charge in [0.1, 0.15) is 6.04 Å². The molecule has 5 nitrogen and oxygen atoms in total. The van der Waals surface area contributed by atoms with Gasteiger partial charge >= 0.3 is 0 Å². The highest BCUT2D eigenvalue weighted by Crippen LogP contribution is 2.23. The molecular weight excluding hydrogens is 492 g/mol. The molecule has 0 saturated heterocycles. The maximum Gasteiger partial charge on any atom is 0.241 e. The van der Waals surface area contributed by atoms with Gasteiger partial charge < -0.3 is 4.90 Å². The van der Waals surface area contributed by atoms with E-state index in [0.29, 0.717) is 24.2 Å². The van der Waals surface area contributed by atoms with Crippen LogP contribution in [0.2, 0.25) is 0 Å². The first-order valence-electron chi connectivity index (χ1n) is 12.7. The van der Waals surface area contributed by atoms with Crippen molar-refractivity contribution in [1.29, 1.82) is 0 Å². The topological polar surface area (TPSA) is 66.5 Å². The second-order valence-electron chi connectivity index (χ2n) is 9.76. The zero-order valence-electron chi connectivity index (χ0n) is 22.1. The minimum absolute atomic E-state index is 0.228. The molecule has 4 aromatic rings. The Balaban J connectivity index is 1.71. The summed E-state index contributed by atoms with van der Waals surface area (Å²) in [7, 11) is -3.98. The van der Waals surface area contributed by atoms with Crippen molar-refractivity contribution in [3.63, 3.8) is 0 Å². The molecule has 0 aliphatic rings. The summed E-state index contributed by atoms with van der Waals surface area (Å²) in [6, 6.07) is 31.8. The summed E-state index contributed by atoms with van der Waals surface area (Å²) in [5, 5.41) is 0. The minimum atomic E-state index is -3.98. The van der Waals surface area contributed by atoms with Crippen molar-refractivity contribution >= 4 is 15.9 Å². The Hall–Kier alpha value is -3.74. The third kappa shape index (κ3) is 6.97. The van der Waals surface area contributed by atoms with E-state index >= 15 is 0 Å². The number of amides is 1. The summed E-state index contributed by atoms with van der Waals surface area (Å²) in [5.74, 6) is -0.271. The van der Waals surface area contributed by atoms with Crippen molar-refractivity contribution in [2.24, 2.45) is 0 Å². The van der Waals surface area contributed by atoms with Gasteiger partial charge in [0.2, 0.25) is 15.9 Å². The Labute approximate surface area is 226 Å². The van der Waals surface area contributed by atoms with Crippen molar-refractivity contribution in [2.75, 3.05) is 0 Å². The van der Waals surface area contributed by atoms with Crippen LogP contribution in [0.1, 0.15) is 33.4 Å². The molecule has 0 aliphatic carbocycles. The van der Waals surface area contributed by atoms with E-state index in [1.165, 1.54) is 0 Å². The van der Waals surface area contributed by atoms with Crippen LogP contribution >= 0.6 is 0 Å². The molecule has 0 spiro atoms. The Kier molecular flexibility index (Phi) is 8.77. The number of sulfonamides is 1. The van der Waals surface area contributed by atoms with E-state index in [0.717, 1.165) is 22.3 Å². The standard InChI is InChI=1S/C32H34N2O3S/c1-24-19-25(2)31(26(3)20-24)38(36,37)33-30(21-27-13-7-4-8-14-27)32(35)34(22-28-15-9-5-10-16-28)23-29-17-11-6-12-18-29/h4-20,30,33H,21-23H2,1-3H3/t30-/m1/s1. The number of nitrogens with one attached hydrogen (secondary N) is 1. The normalized spacial score (nSPS) is 12.2. The van der Waals surface area contributed by atoms with E-state index in [1.54, 1.807) is 18.7 Å². The summed E-state index contributed by atoms with van der Waals surface area (Å²) in [6.45, 7) is 6.25. The van der Waals surface area contributed by atoms with Crippen LogP contribution in [0.3, 0.4) is 0 Å². The first-order chi connectivity index (χ1) is 18.2. The fourth-order valence-corrected chi connectivity index (χ4v) is 6.55. The van der Waals surface area contributed by atoms with Gasteiger partial charge in [0, 0.05) is 13.1 Å². The maximum atomic E-state index is 14.2. The lowest BCUT2D eigenvalue weighted by atomic mass is 10.0. The van der Waals surface area contributed by atoms with Crippen LogP contribution in [0.5, 0.6) is 0 Å². The van der Waals surface area contributed by atoms with Crippen LogP contribution in [-0.4, -0.2) is 25.3 Å². The highest BCUT2D eigenvalue weighted by molar-refractivity contribution is 7.89. The Morgan fingerprint density at radius 2 is 1.13 bits per heavy atom. The average molecular weight is 527 g/mol. The first-order valence-corrected chi connectivity index (χ1v) is 14.2. The Bertz CT molecular complexity index is 1410. The van der Waals surface area contributed by atoms with Crippen LogP contribution in [0.4, 0.5) is 0 Å². The number of nitrogens with zero attached hydrogens (tertiary/aromatic N) is 1.